The zero-order valence-corrected chi connectivity index (χ0v) is 49.5. The maximum Gasteiger partial charge on any atom is 0.313 e. The van der Waals surface area contributed by atoms with Gasteiger partial charge in [-0.3, -0.25) is 67.1 Å². The van der Waals surface area contributed by atoms with E-state index >= 15 is 0 Å². The molecule has 0 aromatic rings. The normalized spacial score (nSPS) is 11.5. The lowest BCUT2D eigenvalue weighted by Gasteiger charge is -2.16. The van der Waals surface area contributed by atoms with Gasteiger partial charge in [0.15, 0.2) is 17.3 Å². The molecule has 3 atom stereocenters. The Kier molecular flexibility index (Phi) is 52.4. The minimum absolute atomic E-state index is 0.0721. The highest BCUT2D eigenvalue weighted by Crippen LogP contribution is 2.14. The molecular formula is C57H95N5O20. The largest absolute Gasteiger partial charge is 0.458 e. The molecule has 0 spiro atoms. The summed E-state index contributed by atoms with van der Waals surface area (Å²) >= 11 is 0. The van der Waals surface area contributed by atoms with E-state index < -0.39 is 66.5 Å². The molecule has 0 radical (unpaired) electrons. The van der Waals surface area contributed by atoms with Crippen molar-refractivity contribution in [3.8, 4) is 0 Å². The van der Waals surface area contributed by atoms with E-state index in [9.17, 15) is 67.1 Å². The topological polar surface area (TPSA) is 368 Å². The molecule has 0 saturated carbocycles. The van der Waals surface area contributed by atoms with Crippen LogP contribution in [0.4, 0.5) is 0 Å². The summed E-state index contributed by atoms with van der Waals surface area (Å²) < 4.78 is 30.8. The molecule has 5 amide bonds. The van der Waals surface area contributed by atoms with E-state index in [2.05, 4.69) is 34.4 Å². The molecular weight excluding hydrogens is 1070 g/mol. The molecule has 0 aliphatic heterocycles. The SMILES string of the molecule is C=C.CC(=O)NCCOCCOCC(=O)NC(CCCCCC(=O)C(C)CC(=O)COC(=O)CC(=O)CCCCCC(NC(=O)COCCOCCNC(C)=O)C(N)=O)C(C)=O.CCC(=O)CCCC(=O)COC(=O)CCCC(=O)CC. The number of Topliss-reactive ketones (excluding diaryl/α,β-unsaturated/α-hetero) is 7. The molecule has 0 bridgehead atoms. The summed E-state index contributed by atoms with van der Waals surface area (Å²) in [6.07, 6.45) is 6.55. The van der Waals surface area contributed by atoms with Crippen molar-refractivity contribution in [1.29, 1.82) is 0 Å². The van der Waals surface area contributed by atoms with Crippen LogP contribution in [0.1, 0.15) is 170 Å². The fourth-order valence-corrected chi connectivity index (χ4v) is 6.97. The average molecular weight is 1170 g/mol. The molecule has 25 heteroatoms. The van der Waals surface area contributed by atoms with Gasteiger partial charge in [0.25, 0.3) is 0 Å². The summed E-state index contributed by atoms with van der Waals surface area (Å²) in [7, 11) is 0. The number of nitrogens with one attached hydrogen (secondary N) is 4. The Labute approximate surface area is 483 Å². The first-order chi connectivity index (χ1) is 39.0. The number of hydrogen-bond acceptors (Lipinski definition) is 20. The van der Waals surface area contributed by atoms with E-state index in [4.69, 9.17) is 34.2 Å². The maximum atomic E-state index is 12.6. The van der Waals surface area contributed by atoms with Gasteiger partial charge in [-0.2, -0.15) is 0 Å². The van der Waals surface area contributed by atoms with Gasteiger partial charge in [0, 0.05) is 90.6 Å². The highest BCUT2D eigenvalue weighted by molar-refractivity contribution is 5.96. The summed E-state index contributed by atoms with van der Waals surface area (Å²) in [5.41, 5.74) is 5.40. The highest BCUT2D eigenvalue weighted by Gasteiger charge is 2.21. The Hall–Kier alpha value is -6.44. The lowest BCUT2D eigenvalue weighted by molar-refractivity contribution is -0.150. The van der Waals surface area contributed by atoms with Gasteiger partial charge in [-0.05, 0) is 45.4 Å². The molecule has 6 N–H and O–H groups in total. The molecule has 82 heavy (non-hydrogen) atoms. The van der Waals surface area contributed by atoms with Gasteiger partial charge in [-0.15, -0.1) is 13.2 Å². The molecule has 0 aliphatic carbocycles. The standard InChI is InChI=1S/C40H67N5O15.C15H24O5.C2H4/c1-28(36(51)14-10-6-8-12-34(29(2)46)44-37(52)26-58-21-19-56-17-15-42-30(3)47)23-33(50)25-60-39(54)24-32(49)11-7-5-9-13-35(40(41)55)45-38(53)27-59-22-20-57-18-16-43-31(4)48;1-3-12(16)7-5-9-14(18)11-20-15(19)10-6-8-13(17)4-2;1-2/h28,34-35H,5-27H2,1-4H3,(H2,41,55)(H,42,47)(H,43,48)(H,44,52)(H,45,53);3-11H2,1-2H3;1-2H2. The number of nitrogens with two attached hydrogens (primary N) is 1. The van der Waals surface area contributed by atoms with Crippen molar-refractivity contribution < 1.29 is 95.5 Å². The number of rotatable bonds is 51. The van der Waals surface area contributed by atoms with Gasteiger partial charge in [0.1, 0.15) is 62.0 Å². The maximum absolute atomic E-state index is 12.6. The number of ketones is 7. The van der Waals surface area contributed by atoms with Crippen LogP contribution in [-0.4, -0.2) is 173 Å². The first-order valence-corrected chi connectivity index (χ1v) is 28.1. The molecule has 25 nitrogen and oxygen atoms in total. The van der Waals surface area contributed by atoms with Crippen LogP contribution in [0.5, 0.6) is 0 Å². The molecule has 3 unspecified atom stereocenters. The van der Waals surface area contributed by atoms with Crippen molar-refractivity contribution in [2.75, 3.05) is 79.2 Å². The Morgan fingerprint density at radius 2 is 0.878 bits per heavy atom. The summed E-state index contributed by atoms with van der Waals surface area (Å²) in [5, 5.41) is 10.3. The number of esters is 2. The lowest BCUT2D eigenvalue weighted by atomic mass is 9.95. The second-order valence-corrected chi connectivity index (χ2v) is 18.9. The van der Waals surface area contributed by atoms with Crippen molar-refractivity contribution in [3.05, 3.63) is 13.2 Å². The van der Waals surface area contributed by atoms with Gasteiger partial charge in [-0.1, -0.05) is 46.5 Å². The summed E-state index contributed by atoms with van der Waals surface area (Å²) in [6.45, 7) is 16.1. The van der Waals surface area contributed by atoms with Crippen LogP contribution in [0.25, 0.3) is 0 Å². The van der Waals surface area contributed by atoms with Crippen molar-refractivity contribution in [3.63, 3.8) is 0 Å². The molecule has 0 aromatic carbocycles. The fourth-order valence-electron chi connectivity index (χ4n) is 6.97. The van der Waals surface area contributed by atoms with Crippen LogP contribution < -0.4 is 27.0 Å². The van der Waals surface area contributed by atoms with E-state index in [0.29, 0.717) is 110 Å². The van der Waals surface area contributed by atoms with Crippen LogP contribution in [0, 0.1) is 5.92 Å². The van der Waals surface area contributed by atoms with Crippen molar-refractivity contribution in [2.24, 2.45) is 11.7 Å². The smallest absolute Gasteiger partial charge is 0.313 e. The van der Waals surface area contributed by atoms with E-state index in [1.54, 1.807) is 20.8 Å². The highest BCUT2D eigenvalue weighted by atomic mass is 16.5. The third-order valence-electron chi connectivity index (χ3n) is 11.6. The third-order valence-corrected chi connectivity index (χ3v) is 11.6. The zero-order chi connectivity index (χ0) is 62.5. The Morgan fingerprint density at radius 1 is 0.451 bits per heavy atom. The van der Waals surface area contributed by atoms with Gasteiger partial charge >= 0.3 is 11.9 Å². The van der Waals surface area contributed by atoms with Gasteiger partial charge in [0.05, 0.1) is 45.7 Å². The number of carbonyl (C=O) groups is 14. The lowest BCUT2D eigenvalue weighted by Crippen LogP contribution is -2.45. The summed E-state index contributed by atoms with van der Waals surface area (Å²) in [4.78, 5) is 164. The second-order valence-electron chi connectivity index (χ2n) is 18.9. The van der Waals surface area contributed by atoms with Gasteiger partial charge in [0.2, 0.25) is 29.5 Å². The minimum Gasteiger partial charge on any atom is -0.458 e. The molecule has 0 heterocycles. The van der Waals surface area contributed by atoms with Crippen LogP contribution in [-0.2, 0) is 95.5 Å². The number of amides is 5. The number of unbranched alkanes of at least 4 members (excludes halogenated alkanes) is 4. The first kappa shape index (κ1) is 79.8. The van der Waals surface area contributed by atoms with Crippen LogP contribution >= 0.6 is 0 Å². The zero-order valence-electron chi connectivity index (χ0n) is 49.5. The van der Waals surface area contributed by atoms with E-state index in [0.717, 1.165) is 0 Å². The third kappa shape index (κ3) is 52.9. The summed E-state index contributed by atoms with van der Waals surface area (Å²) in [5.74, 6) is -5.00. The van der Waals surface area contributed by atoms with E-state index in [-0.39, 0.29) is 131 Å². The van der Waals surface area contributed by atoms with Crippen LogP contribution in [0.3, 0.4) is 0 Å². The predicted molar refractivity (Wildman–Crippen MR) is 300 cm³/mol. The van der Waals surface area contributed by atoms with Crippen LogP contribution in [0.2, 0.25) is 0 Å². The number of hydrogen-bond donors (Lipinski definition) is 5. The average Bonchev–Trinajstić information content (AvgIpc) is 3.43. The quantitative estimate of drug-likeness (QED) is 0.0253. The predicted octanol–water partition coefficient (Wildman–Crippen LogP) is 3.14. The number of primary amides is 1. The van der Waals surface area contributed by atoms with Crippen molar-refractivity contribution in [1.82, 2.24) is 21.3 Å². The number of ether oxygens (including phenoxy) is 6. The molecule has 468 valence electrons. The van der Waals surface area contributed by atoms with E-state index in [1.807, 2.05) is 0 Å². The minimum atomic E-state index is -0.921. The van der Waals surface area contributed by atoms with Crippen molar-refractivity contribution in [2.45, 2.75) is 182 Å². The molecule has 0 aromatic heterocycles. The molecule has 0 rings (SSSR count). The Morgan fingerprint density at radius 3 is 1.37 bits per heavy atom. The van der Waals surface area contributed by atoms with Crippen LogP contribution in [0.15, 0.2) is 13.2 Å². The second kappa shape index (κ2) is 53.8. The summed E-state index contributed by atoms with van der Waals surface area (Å²) in [6, 6.07) is -1.61. The Balaban J connectivity index is -0.00000237. The van der Waals surface area contributed by atoms with Crippen molar-refractivity contribution >= 4 is 82.0 Å². The van der Waals surface area contributed by atoms with E-state index in [1.165, 1.54) is 20.8 Å². The first-order valence-electron chi connectivity index (χ1n) is 28.1. The van der Waals surface area contributed by atoms with Gasteiger partial charge in [-0.25, -0.2) is 0 Å². The monoisotopic (exact) mass is 1170 g/mol. The number of carbonyl (C=O) groups excluding carboxylic acids is 14. The molecule has 0 fully saturated rings. The Bertz CT molecular complexity index is 1930. The molecule has 0 saturated heterocycles. The van der Waals surface area contributed by atoms with Gasteiger partial charge < -0.3 is 55.4 Å². The molecule has 0 aliphatic rings. The fraction of sp³-hybridized carbons (Fsp3) is 0.719.